The number of rotatable bonds is 5. The molecule has 0 saturated heterocycles. The molecule has 1 amide bonds. The van der Waals surface area contributed by atoms with Gasteiger partial charge in [0.1, 0.15) is 10.6 Å². The zero-order valence-electron chi connectivity index (χ0n) is 10.9. The van der Waals surface area contributed by atoms with Crippen molar-refractivity contribution >= 4 is 25.6 Å². The second-order valence-electron chi connectivity index (χ2n) is 4.97. The lowest BCUT2D eigenvalue weighted by molar-refractivity contribution is 0.0942. The van der Waals surface area contributed by atoms with E-state index < -0.39 is 9.05 Å². The Morgan fingerprint density at radius 3 is 2.68 bits per heavy atom. The van der Waals surface area contributed by atoms with Gasteiger partial charge in [-0.05, 0) is 31.2 Å². The van der Waals surface area contributed by atoms with Crippen LogP contribution >= 0.6 is 10.7 Å². The van der Waals surface area contributed by atoms with Crippen molar-refractivity contribution in [3.05, 3.63) is 18.0 Å². The van der Waals surface area contributed by atoms with Crippen molar-refractivity contribution in [3.8, 4) is 0 Å². The van der Waals surface area contributed by atoms with E-state index in [-0.39, 0.29) is 10.8 Å². The van der Waals surface area contributed by atoms with Gasteiger partial charge in [0.15, 0.2) is 0 Å². The van der Waals surface area contributed by atoms with Crippen LogP contribution in [0.4, 0.5) is 0 Å². The maximum atomic E-state index is 12.0. The zero-order valence-corrected chi connectivity index (χ0v) is 12.5. The highest BCUT2D eigenvalue weighted by molar-refractivity contribution is 8.13. The van der Waals surface area contributed by atoms with Crippen LogP contribution in [0.15, 0.2) is 17.2 Å². The molecule has 5 nitrogen and oxygen atoms in total. The van der Waals surface area contributed by atoms with Gasteiger partial charge in [-0.2, -0.15) is 0 Å². The predicted octanol–water partition coefficient (Wildman–Crippen LogP) is 1.82. The molecule has 0 bridgehead atoms. The lowest BCUT2D eigenvalue weighted by Gasteiger charge is -2.06. The lowest BCUT2D eigenvalue weighted by Crippen LogP contribution is -2.27. The van der Waals surface area contributed by atoms with Gasteiger partial charge < -0.3 is 9.88 Å². The minimum absolute atomic E-state index is 0.0408. The van der Waals surface area contributed by atoms with Crippen molar-refractivity contribution in [3.63, 3.8) is 0 Å². The Morgan fingerprint density at radius 1 is 1.58 bits per heavy atom. The molecule has 0 aliphatic heterocycles. The van der Waals surface area contributed by atoms with Gasteiger partial charge in [0.05, 0.1) is 0 Å². The molecular weight excluding hydrogens is 288 g/mol. The normalized spacial score (nSPS) is 22.3. The van der Waals surface area contributed by atoms with Crippen LogP contribution in [0.25, 0.3) is 0 Å². The molecule has 2 rings (SSSR count). The van der Waals surface area contributed by atoms with Crippen LogP contribution in [-0.2, 0) is 15.6 Å². The molecule has 1 aromatic heterocycles. The summed E-state index contributed by atoms with van der Waals surface area (Å²) >= 11 is 0. The average molecular weight is 305 g/mol. The van der Waals surface area contributed by atoms with E-state index in [1.54, 1.807) is 4.57 Å². The van der Waals surface area contributed by atoms with E-state index in [4.69, 9.17) is 10.7 Å². The van der Waals surface area contributed by atoms with Crippen molar-refractivity contribution in [1.29, 1.82) is 0 Å². The summed E-state index contributed by atoms with van der Waals surface area (Å²) in [6.07, 6.45) is 2.52. The Labute approximate surface area is 117 Å². The van der Waals surface area contributed by atoms with Gasteiger partial charge >= 0.3 is 0 Å². The first-order valence-electron chi connectivity index (χ1n) is 6.26. The molecule has 1 aliphatic carbocycles. The summed E-state index contributed by atoms with van der Waals surface area (Å²) < 4.78 is 24.1. The Balaban J connectivity index is 2.13. The summed E-state index contributed by atoms with van der Waals surface area (Å²) in [6, 6.07) is 1.32. The van der Waals surface area contributed by atoms with E-state index in [1.165, 1.54) is 12.3 Å². The number of aryl methyl sites for hydroxylation is 1. The van der Waals surface area contributed by atoms with Crippen molar-refractivity contribution in [2.75, 3.05) is 6.54 Å². The van der Waals surface area contributed by atoms with E-state index in [0.29, 0.717) is 30.6 Å². The second kappa shape index (κ2) is 5.17. The minimum atomic E-state index is -3.80. The van der Waals surface area contributed by atoms with Crippen LogP contribution in [0.5, 0.6) is 0 Å². The number of nitrogens with one attached hydrogen (secondary N) is 1. The second-order valence-corrected chi connectivity index (χ2v) is 7.53. The third kappa shape index (κ3) is 3.30. The molecule has 2 atom stereocenters. The molecule has 0 aromatic carbocycles. The fourth-order valence-corrected chi connectivity index (χ4v) is 2.83. The third-order valence-electron chi connectivity index (χ3n) is 3.53. The van der Waals surface area contributed by atoms with E-state index in [0.717, 1.165) is 6.42 Å². The summed E-state index contributed by atoms with van der Waals surface area (Å²) in [5.74, 6) is 0.953. The fourth-order valence-electron chi connectivity index (χ4n) is 2.07. The summed E-state index contributed by atoms with van der Waals surface area (Å²) in [4.78, 5) is 12.0. The molecule has 0 radical (unpaired) electrons. The standard InChI is InChI=1S/C12H17ClN2O3S/c1-3-15-7-10(19(13,17)18)5-11(15)12(16)14-6-9-4-8(9)2/h5,7-9H,3-4,6H2,1-2H3,(H,14,16). The number of amides is 1. The minimum Gasteiger partial charge on any atom is -0.350 e. The SMILES string of the molecule is CCn1cc(S(=O)(=O)Cl)cc1C(=O)NCC1CC1C. The highest BCUT2D eigenvalue weighted by atomic mass is 35.7. The summed E-state index contributed by atoms with van der Waals surface area (Å²) in [5.41, 5.74) is 0.329. The molecule has 1 aromatic rings. The number of carbonyl (C=O) groups is 1. The molecule has 0 spiro atoms. The summed E-state index contributed by atoms with van der Waals surface area (Å²) in [5, 5.41) is 2.83. The number of nitrogens with zero attached hydrogens (tertiary/aromatic N) is 1. The molecule has 1 fully saturated rings. The molecule has 1 N–H and O–H groups in total. The third-order valence-corrected chi connectivity index (χ3v) is 4.85. The number of carbonyl (C=O) groups excluding carboxylic acids is 1. The van der Waals surface area contributed by atoms with E-state index in [1.807, 2.05) is 6.92 Å². The van der Waals surface area contributed by atoms with Crippen LogP contribution in [0.3, 0.4) is 0 Å². The van der Waals surface area contributed by atoms with E-state index >= 15 is 0 Å². The Morgan fingerprint density at radius 2 is 2.21 bits per heavy atom. The molecule has 2 unspecified atom stereocenters. The number of hydrogen-bond donors (Lipinski definition) is 1. The van der Waals surface area contributed by atoms with Crippen LogP contribution in [0.2, 0.25) is 0 Å². The highest BCUT2D eigenvalue weighted by Crippen LogP contribution is 2.36. The van der Waals surface area contributed by atoms with Crippen LogP contribution in [0.1, 0.15) is 30.8 Å². The van der Waals surface area contributed by atoms with Gasteiger partial charge in [0.25, 0.3) is 15.0 Å². The highest BCUT2D eigenvalue weighted by Gasteiger charge is 2.32. The van der Waals surface area contributed by atoms with Gasteiger partial charge in [-0.15, -0.1) is 0 Å². The number of aromatic nitrogens is 1. The van der Waals surface area contributed by atoms with E-state index in [2.05, 4.69) is 12.2 Å². The van der Waals surface area contributed by atoms with Gasteiger partial charge in [-0.25, -0.2) is 8.42 Å². The van der Waals surface area contributed by atoms with Gasteiger partial charge in [-0.1, -0.05) is 6.92 Å². The molecule has 1 saturated carbocycles. The molecule has 1 aliphatic rings. The maximum absolute atomic E-state index is 12.0. The quantitative estimate of drug-likeness (QED) is 0.844. The fraction of sp³-hybridized carbons (Fsp3) is 0.583. The van der Waals surface area contributed by atoms with Crippen LogP contribution in [-0.4, -0.2) is 25.4 Å². The maximum Gasteiger partial charge on any atom is 0.267 e. The van der Waals surface area contributed by atoms with Crippen LogP contribution < -0.4 is 5.32 Å². The largest absolute Gasteiger partial charge is 0.350 e. The Hall–Kier alpha value is -1.01. The average Bonchev–Trinajstić information content (AvgIpc) is 2.87. The number of hydrogen-bond acceptors (Lipinski definition) is 3. The van der Waals surface area contributed by atoms with Crippen molar-refractivity contribution < 1.29 is 13.2 Å². The molecule has 19 heavy (non-hydrogen) atoms. The van der Waals surface area contributed by atoms with Crippen LogP contribution in [0, 0.1) is 11.8 Å². The first-order valence-corrected chi connectivity index (χ1v) is 8.57. The van der Waals surface area contributed by atoms with Gasteiger partial charge in [0, 0.05) is 30.0 Å². The first-order chi connectivity index (χ1) is 8.82. The monoisotopic (exact) mass is 304 g/mol. The predicted molar refractivity (Wildman–Crippen MR) is 72.7 cm³/mol. The summed E-state index contributed by atoms with van der Waals surface area (Å²) in [7, 11) is 1.48. The van der Waals surface area contributed by atoms with Gasteiger partial charge in [0.2, 0.25) is 0 Å². The van der Waals surface area contributed by atoms with Gasteiger partial charge in [-0.3, -0.25) is 4.79 Å². The van der Waals surface area contributed by atoms with Crippen molar-refractivity contribution in [2.24, 2.45) is 11.8 Å². The first kappa shape index (κ1) is 14.4. The van der Waals surface area contributed by atoms with Crippen molar-refractivity contribution in [2.45, 2.75) is 31.7 Å². The molecule has 7 heteroatoms. The zero-order chi connectivity index (χ0) is 14.2. The molecular formula is C12H17ClN2O3S. The lowest BCUT2D eigenvalue weighted by atomic mass is 10.3. The smallest absolute Gasteiger partial charge is 0.267 e. The molecule has 106 valence electrons. The Kier molecular flexibility index (Phi) is 3.92. The molecule has 1 heterocycles. The summed E-state index contributed by atoms with van der Waals surface area (Å²) in [6.45, 7) is 5.13. The number of halogens is 1. The topological polar surface area (TPSA) is 68.2 Å². The van der Waals surface area contributed by atoms with E-state index in [9.17, 15) is 13.2 Å². The Bertz CT molecular complexity index is 594. The van der Waals surface area contributed by atoms with Crippen molar-refractivity contribution in [1.82, 2.24) is 9.88 Å².